The van der Waals surface area contributed by atoms with Crippen molar-refractivity contribution in [3.8, 4) is 11.8 Å². The van der Waals surface area contributed by atoms with Crippen LogP contribution in [0.5, 0.6) is 0 Å². The summed E-state index contributed by atoms with van der Waals surface area (Å²) in [6.45, 7) is 3.85. The van der Waals surface area contributed by atoms with Gasteiger partial charge in [0.25, 0.3) is 0 Å². The van der Waals surface area contributed by atoms with Crippen molar-refractivity contribution in [3.63, 3.8) is 0 Å². The number of thiophene rings is 1. The van der Waals surface area contributed by atoms with Crippen molar-refractivity contribution in [2.24, 2.45) is 0 Å². The monoisotopic (exact) mass is 272 g/mol. The Labute approximate surface area is 97.3 Å². The molecule has 14 heavy (non-hydrogen) atoms. The number of aryl methyl sites for hydroxylation is 1. The van der Waals surface area contributed by atoms with Crippen molar-refractivity contribution >= 4 is 27.3 Å². The second-order valence-corrected chi connectivity index (χ2v) is 5.49. The summed E-state index contributed by atoms with van der Waals surface area (Å²) >= 11 is 5.04. The Morgan fingerprint density at radius 3 is 2.86 bits per heavy atom. The molecule has 1 aromatic heterocycles. The first-order chi connectivity index (χ1) is 6.65. The normalized spacial score (nSPS) is 12.0. The van der Waals surface area contributed by atoms with E-state index in [0.717, 1.165) is 15.1 Å². The Morgan fingerprint density at radius 1 is 1.64 bits per heavy atom. The molecule has 0 saturated heterocycles. The van der Waals surface area contributed by atoms with Crippen LogP contribution in [0, 0.1) is 18.8 Å². The molecule has 1 nitrogen and oxygen atoms in total. The van der Waals surface area contributed by atoms with Crippen LogP contribution in [0.25, 0.3) is 0 Å². The Hall–Kier alpha value is -0.300. The molecule has 1 N–H and O–H groups in total. The second-order valence-electron chi connectivity index (χ2n) is 3.09. The lowest BCUT2D eigenvalue weighted by atomic mass is 10.1. The van der Waals surface area contributed by atoms with Gasteiger partial charge in [-0.2, -0.15) is 0 Å². The lowest BCUT2D eigenvalue weighted by Crippen LogP contribution is -1.92. The molecule has 3 heteroatoms. The number of hydrogen-bond donors (Lipinski definition) is 1. The third kappa shape index (κ3) is 3.13. The molecule has 0 saturated carbocycles. The van der Waals surface area contributed by atoms with Gasteiger partial charge in [-0.3, -0.25) is 0 Å². The standard InChI is InChI=1S/C11H13BrOS/c1-3-4-5-6-9(13)10-7-8(2)11(12)14-10/h7,9,13H,5-6H2,1-2H3. The molecule has 0 amide bonds. The molecule has 76 valence electrons. The SMILES string of the molecule is CC#CCCC(O)c1cc(C)c(Br)s1. The van der Waals surface area contributed by atoms with Crippen LogP contribution in [0.15, 0.2) is 9.85 Å². The van der Waals surface area contributed by atoms with Crippen LogP contribution in [0.1, 0.15) is 36.3 Å². The average Bonchev–Trinajstić information content (AvgIpc) is 2.47. The zero-order valence-electron chi connectivity index (χ0n) is 8.30. The van der Waals surface area contributed by atoms with Gasteiger partial charge in [0.2, 0.25) is 0 Å². The summed E-state index contributed by atoms with van der Waals surface area (Å²) in [4.78, 5) is 1.02. The Kier molecular flexibility index (Phi) is 4.67. The first-order valence-electron chi connectivity index (χ1n) is 4.48. The summed E-state index contributed by atoms with van der Waals surface area (Å²) in [6.07, 6.45) is 1.10. The Morgan fingerprint density at radius 2 is 2.36 bits per heavy atom. The molecule has 0 aliphatic rings. The maximum absolute atomic E-state index is 9.81. The minimum absolute atomic E-state index is 0.370. The summed E-state index contributed by atoms with van der Waals surface area (Å²) in [5.41, 5.74) is 1.19. The largest absolute Gasteiger partial charge is 0.388 e. The van der Waals surface area contributed by atoms with Crippen LogP contribution in [0.2, 0.25) is 0 Å². The molecular weight excluding hydrogens is 260 g/mol. The molecule has 0 fully saturated rings. The van der Waals surface area contributed by atoms with Gasteiger partial charge >= 0.3 is 0 Å². The molecule has 0 aromatic carbocycles. The van der Waals surface area contributed by atoms with E-state index in [1.807, 2.05) is 19.9 Å². The first-order valence-corrected chi connectivity index (χ1v) is 6.09. The van der Waals surface area contributed by atoms with E-state index in [0.29, 0.717) is 6.42 Å². The minimum atomic E-state index is -0.370. The van der Waals surface area contributed by atoms with E-state index < -0.39 is 0 Å². The number of hydrogen-bond acceptors (Lipinski definition) is 2. The van der Waals surface area contributed by atoms with Crippen LogP contribution in [-0.4, -0.2) is 5.11 Å². The van der Waals surface area contributed by atoms with E-state index in [1.54, 1.807) is 11.3 Å². The highest BCUT2D eigenvalue weighted by molar-refractivity contribution is 9.11. The summed E-state index contributed by atoms with van der Waals surface area (Å²) in [5, 5.41) is 9.81. The van der Waals surface area contributed by atoms with Crippen molar-refractivity contribution in [1.29, 1.82) is 0 Å². The van der Waals surface area contributed by atoms with Gasteiger partial charge in [-0.25, -0.2) is 0 Å². The van der Waals surface area contributed by atoms with Gasteiger partial charge < -0.3 is 5.11 Å². The van der Waals surface area contributed by atoms with Gasteiger partial charge in [-0.15, -0.1) is 23.2 Å². The lowest BCUT2D eigenvalue weighted by molar-refractivity contribution is 0.173. The van der Waals surface area contributed by atoms with Gasteiger partial charge in [-0.05, 0) is 47.8 Å². The molecule has 0 bridgehead atoms. The number of aliphatic hydroxyl groups is 1. The van der Waals surface area contributed by atoms with Gasteiger partial charge in [0.05, 0.1) is 9.89 Å². The fourth-order valence-electron chi connectivity index (χ4n) is 1.12. The van der Waals surface area contributed by atoms with Crippen molar-refractivity contribution < 1.29 is 5.11 Å². The summed E-state index contributed by atoms with van der Waals surface area (Å²) in [6, 6.07) is 2.03. The third-order valence-corrected chi connectivity index (χ3v) is 4.16. The maximum atomic E-state index is 9.81. The summed E-state index contributed by atoms with van der Waals surface area (Å²) < 4.78 is 1.10. The van der Waals surface area contributed by atoms with E-state index in [9.17, 15) is 5.11 Å². The van der Waals surface area contributed by atoms with E-state index >= 15 is 0 Å². The topological polar surface area (TPSA) is 20.2 Å². The fraction of sp³-hybridized carbons (Fsp3) is 0.455. The zero-order valence-corrected chi connectivity index (χ0v) is 10.7. The summed E-state index contributed by atoms with van der Waals surface area (Å²) in [7, 11) is 0. The van der Waals surface area contributed by atoms with E-state index in [4.69, 9.17) is 0 Å². The quantitative estimate of drug-likeness (QED) is 0.833. The highest BCUT2D eigenvalue weighted by atomic mass is 79.9. The molecule has 1 aromatic rings. The molecule has 0 radical (unpaired) electrons. The smallest absolute Gasteiger partial charge is 0.0891 e. The van der Waals surface area contributed by atoms with Crippen molar-refractivity contribution in [2.75, 3.05) is 0 Å². The predicted octanol–water partition coefficient (Wildman–Crippen LogP) is 3.66. The van der Waals surface area contributed by atoms with E-state index in [2.05, 4.69) is 27.8 Å². The Balaban J connectivity index is 2.58. The van der Waals surface area contributed by atoms with Gasteiger partial charge in [-0.1, -0.05) is 0 Å². The number of rotatable bonds is 3. The van der Waals surface area contributed by atoms with E-state index in [1.165, 1.54) is 5.56 Å². The second kappa shape index (κ2) is 5.55. The van der Waals surface area contributed by atoms with Crippen molar-refractivity contribution in [1.82, 2.24) is 0 Å². The molecular formula is C11H13BrOS. The van der Waals surface area contributed by atoms with Crippen molar-refractivity contribution in [2.45, 2.75) is 32.8 Å². The molecule has 0 spiro atoms. The van der Waals surface area contributed by atoms with Gasteiger partial charge in [0.1, 0.15) is 0 Å². The van der Waals surface area contributed by atoms with E-state index in [-0.39, 0.29) is 6.10 Å². The average molecular weight is 273 g/mol. The molecule has 0 aliphatic carbocycles. The fourth-order valence-corrected chi connectivity index (χ4v) is 2.72. The molecule has 1 rings (SSSR count). The highest BCUT2D eigenvalue weighted by Gasteiger charge is 2.11. The van der Waals surface area contributed by atoms with Crippen LogP contribution >= 0.6 is 27.3 Å². The number of halogens is 1. The lowest BCUT2D eigenvalue weighted by Gasteiger charge is -2.04. The maximum Gasteiger partial charge on any atom is 0.0891 e. The first kappa shape index (κ1) is 11.8. The number of aliphatic hydroxyl groups excluding tert-OH is 1. The minimum Gasteiger partial charge on any atom is -0.388 e. The van der Waals surface area contributed by atoms with Crippen LogP contribution in [0.4, 0.5) is 0 Å². The highest BCUT2D eigenvalue weighted by Crippen LogP contribution is 2.32. The predicted molar refractivity (Wildman–Crippen MR) is 64.4 cm³/mol. The molecule has 1 atom stereocenters. The molecule has 1 unspecified atom stereocenters. The summed E-state index contributed by atoms with van der Waals surface area (Å²) in [5.74, 6) is 5.78. The molecule has 0 aliphatic heterocycles. The van der Waals surface area contributed by atoms with Crippen LogP contribution < -0.4 is 0 Å². The van der Waals surface area contributed by atoms with Crippen LogP contribution in [0.3, 0.4) is 0 Å². The van der Waals surface area contributed by atoms with Crippen molar-refractivity contribution in [3.05, 3.63) is 20.3 Å². The Bertz CT molecular complexity index is 340. The van der Waals surface area contributed by atoms with Gasteiger partial charge in [0, 0.05) is 11.3 Å². The van der Waals surface area contributed by atoms with Gasteiger partial charge in [0.15, 0.2) is 0 Å². The zero-order chi connectivity index (χ0) is 10.6. The van der Waals surface area contributed by atoms with Crippen LogP contribution in [-0.2, 0) is 0 Å². The third-order valence-electron chi connectivity index (χ3n) is 1.92. The molecule has 1 heterocycles.